The summed E-state index contributed by atoms with van der Waals surface area (Å²) in [5.74, 6) is 0.0757. The molecule has 0 amide bonds. The highest BCUT2D eigenvalue weighted by Gasteiger charge is 1.90. The van der Waals surface area contributed by atoms with Gasteiger partial charge in [-0.15, -0.1) is 0 Å². The first-order valence-corrected chi connectivity index (χ1v) is 5.33. The van der Waals surface area contributed by atoms with Crippen molar-refractivity contribution in [2.45, 2.75) is 41.0 Å². The fourth-order valence-electron chi connectivity index (χ4n) is 0.826. The number of allylic oxidation sites excluding steroid dienone is 3. The normalized spacial score (nSPS) is 10.8. The molecule has 1 N–H and O–H groups in total. The second-order valence-electron chi connectivity index (χ2n) is 2.55. The summed E-state index contributed by atoms with van der Waals surface area (Å²) in [6, 6.07) is 0. The van der Waals surface area contributed by atoms with Crippen LogP contribution in [-0.4, -0.2) is 12.3 Å². The lowest BCUT2D eigenvalue weighted by molar-refractivity contribution is -0.112. The number of hydrogen-bond donors (Lipinski definition) is 1. The molecule has 2 nitrogen and oxygen atoms in total. The van der Waals surface area contributed by atoms with E-state index in [9.17, 15) is 4.79 Å². The molecule has 0 radical (unpaired) electrons. The maximum Gasteiger partial charge on any atom is 0.154 e. The maximum absolute atomic E-state index is 10.7. The molecule has 0 saturated carbocycles. The average Bonchev–Trinajstić information content (AvgIpc) is 2.17. The standard InChI is InChI=1S/C10H17NO.C2H6.H2/c1-4-6-7-10(11-5-2)8-9(3)12;1-2;/h6-8,11H,4-5H2,1-3H3;1-2H3;1H/b7-6-,10-8-;;. The zero-order valence-corrected chi connectivity index (χ0v) is 10.1. The number of likely N-dealkylation sites (N-methyl/N-ethyl adjacent to an activating group) is 1. The van der Waals surface area contributed by atoms with E-state index in [1.165, 1.54) is 0 Å². The second kappa shape index (κ2) is 11.9. The number of ketones is 1. The van der Waals surface area contributed by atoms with E-state index in [1.807, 2.05) is 32.9 Å². The zero-order valence-electron chi connectivity index (χ0n) is 10.1. The summed E-state index contributed by atoms with van der Waals surface area (Å²) in [4.78, 5) is 10.7. The molecule has 0 aliphatic carbocycles. The van der Waals surface area contributed by atoms with Crippen LogP contribution < -0.4 is 5.32 Å². The third kappa shape index (κ3) is 11.0. The molecule has 0 saturated heterocycles. The van der Waals surface area contributed by atoms with Gasteiger partial charge in [0.2, 0.25) is 0 Å². The summed E-state index contributed by atoms with van der Waals surface area (Å²) in [6.45, 7) is 10.5. The smallest absolute Gasteiger partial charge is 0.154 e. The van der Waals surface area contributed by atoms with Crippen molar-refractivity contribution < 1.29 is 6.22 Å². The third-order valence-electron chi connectivity index (χ3n) is 1.27. The second-order valence-corrected chi connectivity index (χ2v) is 2.55. The van der Waals surface area contributed by atoms with Crippen LogP contribution in [0.1, 0.15) is 42.5 Å². The first-order valence-electron chi connectivity index (χ1n) is 5.33. The number of rotatable bonds is 5. The molecule has 0 bridgehead atoms. The van der Waals surface area contributed by atoms with E-state index in [1.54, 1.807) is 13.0 Å². The predicted octanol–water partition coefficient (Wildman–Crippen LogP) is 3.31. The minimum atomic E-state index is 0. The van der Waals surface area contributed by atoms with Gasteiger partial charge in [0.15, 0.2) is 5.78 Å². The number of hydrogen-bond acceptors (Lipinski definition) is 2. The molecule has 0 atom stereocenters. The van der Waals surface area contributed by atoms with Crippen molar-refractivity contribution in [3.05, 3.63) is 23.9 Å². The predicted molar refractivity (Wildman–Crippen MR) is 65.3 cm³/mol. The Hall–Kier alpha value is -1.05. The maximum atomic E-state index is 10.7. The average molecular weight is 199 g/mol. The molecular weight excluding hydrogens is 174 g/mol. The van der Waals surface area contributed by atoms with Crippen molar-refractivity contribution in [2.75, 3.05) is 6.54 Å². The van der Waals surface area contributed by atoms with Gasteiger partial charge in [0.1, 0.15) is 0 Å². The molecule has 14 heavy (non-hydrogen) atoms. The van der Waals surface area contributed by atoms with E-state index < -0.39 is 0 Å². The van der Waals surface area contributed by atoms with Gasteiger partial charge in [0.05, 0.1) is 0 Å². The van der Waals surface area contributed by atoms with Gasteiger partial charge < -0.3 is 5.32 Å². The highest BCUT2D eigenvalue weighted by Crippen LogP contribution is 1.93. The van der Waals surface area contributed by atoms with E-state index in [-0.39, 0.29) is 7.21 Å². The van der Waals surface area contributed by atoms with Gasteiger partial charge in [-0.3, -0.25) is 4.79 Å². The van der Waals surface area contributed by atoms with Crippen molar-refractivity contribution in [1.29, 1.82) is 0 Å². The molecule has 0 aromatic rings. The fraction of sp³-hybridized carbons (Fsp3) is 0.583. The zero-order chi connectivity index (χ0) is 11.4. The van der Waals surface area contributed by atoms with E-state index in [4.69, 9.17) is 0 Å². The molecule has 0 unspecified atom stereocenters. The van der Waals surface area contributed by atoms with Crippen LogP contribution in [0.2, 0.25) is 0 Å². The van der Waals surface area contributed by atoms with Crippen molar-refractivity contribution >= 4 is 5.78 Å². The molecule has 0 spiro atoms. The molecule has 0 aromatic heterocycles. The van der Waals surface area contributed by atoms with Crippen molar-refractivity contribution in [3.8, 4) is 0 Å². The van der Waals surface area contributed by atoms with Gasteiger partial charge >= 0.3 is 0 Å². The lowest BCUT2D eigenvalue weighted by Gasteiger charge is -2.01. The van der Waals surface area contributed by atoms with Crippen molar-refractivity contribution in [3.63, 3.8) is 0 Å². The largest absolute Gasteiger partial charge is 0.385 e. The molecule has 2 heteroatoms. The highest BCUT2D eigenvalue weighted by molar-refractivity contribution is 5.88. The molecule has 0 aromatic carbocycles. The minimum Gasteiger partial charge on any atom is -0.385 e. The van der Waals surface area contributed by atoms with Crippen LogP contribution in [0.4, 0.5) is 0 Å². The van der Waals surface area contributed by atoms with Gasteiger partial charge in [0.25, 0.3) is 0 Å². The molecule has 0 aliphatic heterocycles. The third-order valence-corrected chi connectivity index (χ3v) is 1.27. The molecule has 0 heterocycles. The monoisotopic (exact) mass is 199 g/mol. The summed E-state index contributed by atoms with van der Waals surface area (Å²) in [5.41, 5.74) is 0.895. The molecule has 0 rings (SSSR count). The Labute approximate surface area is 89.6 Å². The van der Waals surface area contributed by atoms with Crippen LogP contribution in [0.25, 0.3) is 0 Å². The Morgan fingerprint density at radius 2 is 1.93 bits per heavy atom. The van der Waals surface area contributed by atoms with Crippen LogP contribution in [0.3, 0.4) is 0 Å². The van der Waals surface area contributed by atoms with Gasteiger partial charge in [0, 0.05) is 19.7 Å². The van der Waals surface area contributed by atoms with Crippen molar-refractivity contribution in [2.24, 2.45) is 0 Å². The first kappa shape index (κ1) is 15.4. The lowest BCUT2D eigenvalue weighted by atomic mass is 10.3. The Morgan fingerprint density at radius 1 is 1.36 bits per heavy atom. The summed E-state index contributed by atoms with van der Waals surface area (Å²) >= 11 is 0. The van der Waals surface area contributed by atoms with E-state index in [0.717, 1.165) is 18.7 Å². The van der Waals surface area contributed by atoms with Gasteiger partial charge in [-0.25, -0.2) is 0 Å². The fourth-order valence-corrected chi connectivity index (χ4v) is 0.826. The first-order chi connectivity index (χ1) is 6.70. The molecular formula is C12H25NO. The van der Waals surface area contributed by atoms with Crippen LogP contribution in [0.15, 0.2) is 23.9 Å². The van der Waals surface area contributed by atoms with E-state index in [2.05, 4.69) is 12.2 Å². The highest BCUT2D eigenvalue weighted by atomic mass is 16.1. The minimum absolute atomic E-state index is 0. The summed E-state index contributed by atoms with van der Waals surface area (Å²) in [7, 11) is 0. The van der Waals surface area contributed by atoms with E-state index in [0.29, 0.717) is 0 Å². The Morgan fingerprint density at radius 3 is 2.29 bits per heavy atom. The van der Waals surface area contributed by atoms with Gasteiger partial charge in [-0.05, 0) is 26.3 Å². The van der Waals surface area contributed by atoms with Crippen LogP contribution in [-0.2, 0) is 4.79 Å². The van der Waals surface area contributed by atoms with E-state index >= 15 is 0 Å². The number of nitrogens with one attached hydrogen (secondary N) is 1. The lowest BCUT2D eigenvalue weighted by Crippen LogP contribution is -2.11. The Kier molecular flexibility index (Phi) is 13.2. The van der Waals surface area contributed by atoms with Crippen LogP contribution >= 0.6 is 0 Å². The number of carbonyl (C=O) groups excluding carboxylic acids is 1. The Balaban J connectivity index is -0.000000449. The molecule has 84 valence electrons. The topological polar surface area (TPSA) is 29.1 Å². The van der Waals surface area contributed by atoms with Gasteiger partial charge in [-0.1, -0.05) is 26.8 Å². The molecule has 0 aliphatic rings. The SMILES string of the molecule is CC.CC/C=C\C(=C\C(C)=O)NCC.[HH]. The van der Waals surface area contributed by atoms with Crippen LogP contribution in [0.5, 0.6) is 0 Å². The summed E-state index contributed by atoms with van der Waals surface area (Å²) < 4.78 is 0. The van der Waals surface area contributed by atoms with Crippen molar-refractivity contribution in [1.82, 2.24) is 5.32 Å². The molecule has 0 fully saturated rings. The summed E-state index contributed by atoms with van der Waals surface area (Å²) in [5, 5.41) is 3.10. The number of carbonyl (C=O) groups is 1. The van der Waals surface area contributed by atoms with Crippen LogP contribution in [0, 0.1) is 0 Å². The quantitative estimate of drug-likeness (QED) is 0.543. The summed E-state index contributed by atoms with van der Waals surface area (Å²) in [6.07, 6.45) is 6.55. The Bertz CT molecular complexity index is 198. The van der Waals surface area contributed by atoms with Gasteiger partial charge in [-0.2, -0.15) is 0 Å².